The number of aryl methyl sites for hydroxylation is 1. The van der Waals surface area contributed by atoms with E-state index in [1.165, 1.54) is 0 Å². The van der Waals surface area contributed by atoms with E-state index in [0.717, 1.165) is 68.6 Å². The summed E-state index contributed by atoms with van der Waals surface area (Å²) in [5, 5.41) is 15.8. The Morgan fingerprint density at radius 2 is 2.08 bits per heavy atom. The molecule has 0 bridgehead atoms. The molecule has 0 aromatic carbocycles. The molecule has 2 aromatic heterocycles. The Hall–Kier alpha value is -2.18. The summed E-state index contributed by atoms with van der Waals surface area (Å²) < 4.78 is 1.78. The van der Waals surface area contributed by atoms with Crippen LogP contribution in [0.2, 0.25) is 0 Å². The van der Waals surface area contributed by atoms with Crippen LogP contribution in [-0.4, -0.2) is 44.8 Å². The van der Waals surface area contributed by atoms with E-state index in [1.807, 2.05) is 0 Å². The van der Waals surface area contributed by atoms with Gasteiger partial charge in [0, 0.05) is 25.6 Å². The standard InChI is InChI=1S/C18H26N6O/c1-2-14-11-16(18-21-19-12-24(18)22-14)23-9-7-13(8-10-23)3-6-17(25)20-15-4-5-15/h11-13,15H,2-10H2,1H3,(H,20,25). The van der Waals surface area contributed by atoms with Gasteiger partial charge in [0.1, 0.15) is 6.33 Å². The van der Waals surface area contributed by atoms with Crippen LogP contribution in [0.1, 0.15) is 51.1 Å². The van der Waals surface area contributed by atoms with E-state index >= 15 is 0 Å². The van der Waals surface area contributed by atoms with Gasteiger partial charge >= 0.3 is 0 Å². The van der Waals surface area contributed by atoms with Crippen molar-refractivity contribution in [1.82, 2.24) is 25.1 Å². The van der Waals surface area contributed by atoms with Crippen molar-refractivity contribution in [2.24, 2.45) is 5.92 Å². The number of hydrogen-bond acceptors (Lipinski definition) is 5. The molecule has 1 saturated carbocycles. The van der Waals surface area contributed by atoms with Crippen LogP contribution in [0.5, 0.6) is 0 Å². The van der Waals surface area contributed by atoms with Gasteiger partial charge in [0.15, 0.2) is 0 Å². The van der Waals surface area contributed by atoms with Gasteiger partial charge in [0.05, 0.1) is 11.4 Å². The van der Waals surface area contributed by atoms with Crippen molar-refractivity contribution in [1.29, 1.82) is 0 Å². The van der Waals surface area contributed by atoms with E-state index < -0.39 is 0 Å². The summed E-state index contributed by atoms with van der Waals surface area (Å²) in [7, 11) is 0. The zero-order valence-corrected chi connectivity index (χ0v) is 14.8. The van der Waals surface area contributed by atoms with E-state index in [2.05, 4.69) is 38.5 Å². The van der Waals surface area contributed by atoms with Gasteiger partial charge in [-0.3, -0.25) is 4.79 Å². The van der Waals surface area contributed by atoms with Crippen molar-refractivity contribution < 1.29 is 4.79 Å². The Labute approximate surface area is 147 Å². The lowest BCUT2D eigenvalue weighted by molar-refractivity contribution is -0.121. The predicted molar refractivity (Wildman–Crippen MR) is 95.5 cm³/mol. The average Bonchev–Trinajstić information content (AvgIpc) is 3.32. The largest absolute Gasteiger partial charge is 0.368 e. The molecule has 0 radical (unpaired) electrons. The fraction of sp³-hybridized carbons (Fsp3) is 0.667. The van der Waals surface area contributed by atoms with Crippen molar-refractivity contribution in [3.63, 3.8) is 0 Å². The quantitative estimate of drug-likeness (QED) is 0.868. The molecule has 2 aliphatic rings. The number of piperidine rings is 1. The molecule has 1 N–H and O–H groups in total. The number of anilines is 1. The van der Waals surface area contributed by atoms with Crippen LogP contribution < -0.4 is 10.2 Å². The highest BCUT2D eigenvalue weighted by atomic mass is 16.1. The molecule has 4 rings (SSSR count). The number of fused-ring (bicyclic) bond motifs is 1. The molecule has 0 unspecified atom stereocenters. The molecule has 1 saturated heterocycles. The van der Waals surface area contributed by atoms with Gasteiger partial charge in [0.25, 0.3) is 0 Å². The van der Waals surface area contributed by atoms with Gasteiger partial charge < -0.3 is 10.2 Å². The van der Waals surface area contributed by atoms with Crippen LogP contribution in [0.15, 0.2) is 12.4 Å². The minimum absolute atomic E-state index is 0.233. The Bertz CT molecular complexity index is 745. The molecule has 1 aliphatic carbocycles. The predicted octanol–water partition coefficient (Wildman–Crippen LogP) is 1.96. The Kier molecular flexibility index (Phi) is 4.55. The van der Waals surface area contributed by atoms with Crippen LogP contribution in [0, 0.1) is 5.92 Å². The molecule has 7 nitrogen and oxygen atoms in total. The highest BCUT2D eigenvalue weighted by Gasteiger charge is 2.25. The zero-order chi connectivity index (χ0) is 17.2. The summed E-state index contributed by atoms with van der Waals surface area (Å²) in [6, 6.07) is 2.62. The Morgan fingerprint density at radius 3 is 2.80 bits per heavy atom. The summed E-state index contributed by atoms with van der Waals surface area (Å²) >= 11 is 0. The molecular weight excluding hydrogens is 316 g/mol. The molecule has 25 heavy (non-hydrogen) atoms. The topological polar surface area (TPSA) is 75.4 Å². The number of nitrogens with one attached hydrogen (secondary N) is 1. The number of carbonyl (C=O) groups is 1. The maximum absolute atomic E-state index is 11.9. The average molecular weight is 342 g/mol. The number of amides is 1. The van der Waals surface area contributed by atoms with Crippen molar-refractivity contribution in [2.75, 3.05) is 18.0 Å². The Balaban J connectivity index is 1.35. The molecule has 1 amide bonds. The normalized spacial score (nSPS) is 18.7. The van der Waals surface area contributed by atoms with Crippen LogP contribution >= 0.6 is 0 Å². The van der Waals surface area contributed by atoms with Gasteiger partial charge in [-0.2, -0.15) is 9.61 Å². The molecule has 2 aromatic rings. The van der Waals surface area contributed by atoms with Gasteiger partial charge in [-0.05, 0) is 50.5 Å². The zero-order valence-electron chi connectivity index (χ0n) is 14.8. The highest BCUT2D eigenvalue weighted by Crippen LogP contribution is 2.28. The maximum Gasteiger partial charge on any atom is 0.220 e. The first-order valence-electron chi connectivity index (χ1n) is 9.47. The van der Waals surface area contributed by atoms with E-state index in [9.17, 15) is 4.79 Å². The maximum atomic E-state index is 11.9. The van der Waals surface area contributed by atoms with Crippen molar-refractivity contribution in [2.45, 2.75) is 57.9 Å². The summed E-state index contributed by atoms with van der Waals surface area (Å²) in [5.41, 5.74) is 3.02. The van der Waals surface area contributed by atoms with Crippen molar-refractivity contribution >= 4 is 17.2 Å². The smallest absolute Gasteiger partial charge is 0.220 e. The second kappa shape index (κ2) is 6.98. The minimum atomic E-state index is 0.233. The number of carbonyl (C=O) groups excluding carboxylic acids is 1. The van der Waals surface area contributed by atoms with E-state index in [-0.39, 0.29) is 5.91 Å². The fourth-order valence-corrected chi connectivity index (χ4v) is 3.59. The van der Waals surface area contributed by atoms with Crippen LogP contribution in [-0.2, 0) is 11.2 Å². The third kappa shape index (κ3) is 3.75. The SMILES string of the molecule is CCc1cc(N2CCC(CCC(=O)NC3CC3)CC2)c2nncn2n1. The van der Waals surface area contributed by atoms with Crippen LogP contribution in [0.3, 0.4) is 0 Å². The third-order valence-electron chi connectivity index (χ3n) is 5.34. The lowest BCUT2D eigenvalue weighted by Crippen LogP contribution is -2.35. The lowest BCUT2D eigenvalue weighted by atomic mass is 9.92. The fourth-order valence-electron chi connectivity index (χ4n) is 3.59. The number of rotatable bonds is 6. The van der Waals surface area contributed by atoms with Gasteiger partial charge in [-0.1, -0.05) is 6.92 Å². The first-order valence-corrected chi connectivity index (χ1v) is 9.47. The Morgan fingerprint density at radius 1 is 1.28 bits per heavy atom. The molecule has 0 spiro atoms. The molecule has 1 aliphatic heterocycles. The van der Waals surface area contributed by atoms with Gasteiger partial charge in [-0.25, -0.2) is 0 Å². The molecule has 134 valence electrons. The second-order valence-electron chi connectivity index (χ2n) is 7.28. The van der Waals surface area contributed by atoms with Crippen molar-refractivity contribution in [3.8, 4) is 0 Å². The molecule has 0 atom stereocenters. The van der Waals surface area contributed by atoms with Crippen molar-refractivity contribution in [3.05, 3.63) is 18.1 Å². The molecular formula is C18H26N6O. The third-order valence-corrected chi connectivity index (χ3v) is 5.34. The highest BCUT2D eigenvalue weighted by molar-refractivity contribution is 5.76. The van der Waals surface area contributed by atoms with Crippen LogP contribution in [0.4, 0.5) is 5.69 Å². The second-order valence-corrected chi connectivity index (χ2v) is 7.28. The lowest BCUT2D eigenvalue weighted by Gasteiger charge is -2.33. The summed E-state index contributed by atoms with van der Waals surface area (Å²) in [5.74, 6) is 0.874. The van der Waals surface area contributed by atoms with Crippen LogP contribution in [0.25, 0.3) is 5.65 Å². The molecule has 2 fully saturated rings. The van der Waals surface area contributed by atoms with Gasteiger partial charge in [0.2, 0.25) is 11.6 Å². The first kappa shape index (κ1) is 16.3. The summed E-state index contributed by atoms with van der Waals surface area (Å²) in [6.45, 7) is 4.12. The van der Waals surface area contributed by atoms with E-state index in [0.29, 0.717) is 18.4 Å². The summed E-state index contributed by atoms with van der Waals surface area (Å²) in [6.07, 6.45) is 8.81. The number of aromatic nitrogens is 4. The molecule has 3 heterocycles. The first-order chi connectivity index (χ1) is 12.2. The number of nitrogens with zero attached hydrogens (tertiary/aromatic N) is 5. The monoisotopic (exact) mass is 342 g/mol. The van der Waals surface area contributed by atoms with E-state index in [4.69, 9.17) is 0 Å². The molecule has 7 heteroatoms. The van der Waals surface area contributed by atoms with Gasteiger partial charge in [-0.15, -0.1) is 10.2 Å². The van der Waals surface area contributed by atoms with E-state index in [1.54, 1.807) is 10.8 Å². The summed E-state index contributed by atoms with van der Waals surface area (Å²) in [4.78, 5) is 14.3. The number of hydrogen-bond donors (Lipinski definition) is 1. The minimum Gasteiger partial charge on any atom is -0.368 e.